The van der Waals surface area contributed by atoms with Crippen LogP contribution in [0.4, 0.5) is 0 Å². The third kappa shape index (κ3) is 9.77. The molecule has 26 heavy (non-hydrogen) atoms. The number of hydrogen-bond acceptors (Lipinski definition) is 4. The van der Waals surface area contributed by atoms with Crippen molar-refractivity contribution in [3.8, 4) is 0 Å². The maximum Gasteiger partial charge on any atom is 1.00 e. The van der Waals surface area contributed by atoms with Crippen molar-refractivity contribution in [2.45, 2.75) is 0 Å². The van der Waals surface area contributed by atoms with E-state index in [1.165, 1.54) is 15.9 Å². The fourth-order valence-corrected chi connectivity index (χ4v) is 4.48. The Kier molecular flexibility index (Phi) is 13.2. The topological polar surface area (TPSA) is 80.3 Å². The molecule has 0 aliphatic carbocycles. The fourth-order valence-electron chi connectivity index (χ4n) is 2.18. The first-order chi connectivity index (χ1) is 11.4. The van der Waals surface area contributed by atoms with E-state index in [2.05, 4.69) is 91.0 Å². The summed E-state index contributed by atoms with van der Waals surface area (Å²) < 4.78 is 34.1. The Balaban J connectivity index is 0.000000798. The van der Waals surface area contributed by atoms with Crippen LogP contribution in [0.2, 0.25) is 0 Å². The largest absolute Gasteiger partial charge is 1.00 e. The van der Waals surface area contributed by atoms with Gasteiger partial charge in [-0.1, -0.05) is 91.0 Å². The Bertz CT molecular complexity index is 746. The van der Waals surface area contributed by atoms with Crippen molar-refractivity contribution in [1.82, 2.24) is 0 Å². The van der Waals surface area contributed by atoms with Crippen LogP contribution in [-0.4, -0.2) is 17.5 Å². The first-order valence-corrected chi connectivity index (χ1v) is 9.74. The fraction of sp³-hybridized carbons (Fsp3) is 0. The van der Waals surface area contributed by atoms with Gasteiger partial charge < -0.3 is 9.11 Å². The molecule has 0 spiro atoms. The van der Waals surface area contributed by atoms with Crippen molar-refractivity contribution in [3.05, 3.63) is 91.0 Å². The maximum absolute atomic E-state index is 8.52. The Hall–Kier alpha value is -0.0400. The molecule has 0 saturated carbocycles. The molecule has 0 aliphatic rings. The van der Waals surface area contributed by atoms with Gasteiger partial charge in [-0.25, -0.2) is 0 Å². The zero-order valence-corrected chi connectivity index (χ0v) is 20.4. The Morgan fingerprint density at radius 3 is 0.923 bits per heavy atom. The summed E-state index contributed by atoms with van der Waals surface area (Å²) in [6.07, 6.45) is 0. The van der Waals surface area contributed by atoms with Crippen molar-refractivity contribution in [3.63, 3.8) is 0 Å². The maximum atomic E-state index is 8.52. The number of rotatable bonds is 3. The van der Waals surface area contributed by atoms with Gasteiger partial charge in [-0.05, 0) is 23.8 Å². The normalized spacial score (nSPS) is 9.96. The summed E-state index contributed by atoms with van der Waals surface area (Å²) in [6.45, 7) is 0. The van der Waals surface area contributed by atoms with E-state index in [-0.39, 0.29) is 59.1 Å². The van der Waals surface area contributed by atoms with Gasteiger partial charge in [0.15, 0.2) is 0 Å². The van der Waals surface area contributed by atoms with Crippen LogP contribution < -0.4 is 75.0 Å². The minimum absolute atomic E-state index is 0. The van der Waals surface area contributed by atoms with Crippen LogP contribution in [0.25, 0.3) is 0 Å². The quantitative estimate of drug-likeness (QED) is 0.194. The Labute approximate surface area is 200 Å². The minimum Gasteiger partial charge on any atom is -0.759 e. The molecule has 4 nitrogen and oxygen atoms in total. The van der Waals surface area contributed by atoms with Crippen LogP contribution >= 0.6 is 7.92 Å². The summed E-state index contributed by atoms with van der Waals surface area (Å²) in [5.41, 5.74) is 0. The molecule has 3 rings (SSSR count). The van der Waals surface area contributed by atoms with Crippen molar-refractivity contribution >= 4 is 34.2 Å². The molecule has 3 aromatic rings. The van der Waals surface area contributed by atoms with Gasteiger partial charge in [0, 0.05) is 10.4 Å². The molecule has 0 unspecified atom stereocenters. The summed E-state index contributed by atoms with van der Waals surface area (Å²) >= 11 is 0. The van der Waals surface area contributed by atoms with E-state index in [0.717, 1.165) is 0 Å². The third-order valence-corrected chi connectivity index (χ3v) is 5.49. The molecule has 124 valence electrons. The molecule has 0 N–H and O–H groups in total. The second-order valence-corrected chi connectivity index (χ2v) is 7.79. The van der Waals surface area contributed by atoms with Gasteiger partial charge in [-0.15, -0.1) is 0 Å². The molecule has 0 heterocycles. The third-order valence-electron chi connectivity index (χ3n) is 3.04. The van der Waals surface area contributed by atoms with Crippen LogP contribution in [0.1, 0.15) is 0 Å². The van der Waals surface area contributed by atoms with E-state index in [4.69, 9.17) is 17.5 Å². The van der Waals surface area contributed by atoms with E-state index >= 15 is 0 Å². The van der Waals surface area contributed by atoms with E-state index in [1.807, 2.05) is 0 Å². The Morgan fingerprint density at radius 1 is 0.538 bits per heavy atom. The second kappa shape index (κ2) is 13.2. The minimum atomic E-state index is -5.17. The number of hydrogen-bond donors (Lipinski definition) is 0. The van der Waals surface area contributed by atoms with Crippen molar-refractivity contribution in [2.75, 3.05) is 0 Å². The van der Waals surface area contributed by atoms with Gasteiger partial charge in [-0.3, -0.25) is 8.42 Å². The Morgan fingerprint density at radius 2 is 0.731 bits per heavy atom. The van der Waals surface area contributed by atoms with E-state index < -0.39 is 18.3 Å². The molecule has 0 atom stereocenters. The van der Waals surface area contributed by atoms with Crippen LogP contribution in [0.3, 0.4) is 0 Å². The summed E-state index contributed by atoms with van der Waals surface area (Å²) in [5.74, 6) is 0. The predicted octanol–water partition coefficient (Wildman–Crippen LogP) is -3.89. The van der Waals surface area contributed by atoms with Crippen molar-refractivity contribution in [1.29, 1.82) is 0 Å². The second-order valence-electron chi connectivity index (χ2n) is 4.75. The van der Waals surface area contributed by atoms with Crippen molar-refractivity contribution < 1.29 is 76.6 Å². The molecular weight excluding hydrogens is 389 g/mol. The van der Waals surface area contributed by atoms with Crippen LogP contribution in [0.15, 0.2) is 91.0 Å². The first-order valence-electron chi connectivity index (χ1n) is 7.07. The van der Waals surface area contributed by atoms with Gasteiger partial charge in [0.1, 0.15) is 0 Å². The first kappa shape index (κ1) is 26.0. The van der Waals surface area contributed by atoms with Crippen LogP contribution in [0, 0.1) is 0 Å². The molecule has 8 heteroatoms. The van der Waals surface area contributed by atoms with Crippen LogP contribution in [-0.2, 0) is 10.4 Å². The van der Waals surface area contributed by atoms with E-state index in [9.17, 15) is 0 Å². The van der Waals surface area contributed by atoms with Gasteiger partial charge >= 0.3 is 59.1 Å². The average molecular weight is 404 g/mol. The summed E-state index contributed by atoms with van der Waals surface area (Å²) in [4.78, 5) is 0. The molecule has 0 fully saturated rings. The summed E-state index contributed by atoms with van der Waals surface area (Å²) in [5, 5.41) is 4.19. The predicted molar refractivity (Wildman–Crippen MR) is 95.6 cm³/mol. The molecular formula is C18H15Na2O4PS. The monoisotopic (exact) mass is 404 g/mol. The van der Waals surface area contributed by atoms with E-state index in [0.29, 0.717) is 0 Å². The zero-order chi connectivity index (χ0) is 17.4. The zero-order valence-electron chi connectivity index (χ0n) is 14.6. The summed E-state index contributed by atoms with van der Waals surface area (Å²) in [7, 11) is -5.61. The summed E-state index contributed by atoms with van der Waals surface area (Å²) in [6, 6.07) is 32.3. The van der Waals surface area contributed by atoms with Gasteiger partial charge in [0.25, 0.3) is 0 Å². The molecule has 0 aromatic heterocycles. The number of benzene rings is 3. The molecule has 0 amide bonds. The average Bonchev–Trinajstić information content (AvgIpc) is 2.57. The standard InChI is InChI=1S/C18H15P.2Na.H2O4S/c1-4-10-16(11-5-1)19(17-12-6-2-7-13-17)18-14-8-3-9-15-18;;;1-5(2,3)4/h1-15H;;;(H2,1,2,3,4)/q;2*+1;/p-2. The SMILES string of the molecule is O=S(=O)([O-])[O-].[Na+].[Na+].c1ccc(P(c2ccccc2)c2ccccc2)cc1. The van der Waals surface area contributed by atoms with Crippen LogP contribution in [0.5, 0.6) is 0 Å². The molecule has 0 bridgehead atoms. The van der Waals surface area contributed by atoms with E-state index in [1.54, 1.807) is 0 Å². The molecule has 0 saturated heterocycles. The smallest absolute Gasteiger partial charge is 0.759 e. The van der Waals surface area contributed by atoms with Gasteiger partial charge in [-0.2, -0.15) is 0 Å². The molecule has 0 radical (unpaired) electrons. The van der Waals surface area contributed by atoms with Crippen molar-refractivity contribution in [2.24, 2.45) is 0 Å². The van der Waals surface area contributed by atoms with Gasteiger partial charge in [0.2, 0.25) is 0 Å². The molecule has 0 aliphatic heterocycles. The van der Waals surface area contributed by atoms with Gasteiger partial charge in [0.05, 0.1) is 0 Å². The molecule has 3 aromatic carbocycles.